The van der Waals surface area contributed by atoms with E-state index in [1.165, 1.54) is 4.57 Å². The molecule has 0 spiro atoms. The fourth-order valence-electron chi connectivity index (χ4n) is 4.42. The number of H-pyrrole nitrogens is 1. The Morgan fingerprint density at radius 2 is 1.42 bits per heavy atom. The summed E-state index contributed by atoms with van der Waals surface area (Å²) >= 11 is 0. The van der Waals surface area contributed by atoms with Crippen LogP contribution in [0.5, 0.6) is 0 Å². The molecule has 2 atom stereocenters. The minimum Gasteiger partial charge on any atom is -0.349 e. The van der Waals surface area contributed by atoms with Gasteiger partial charge in [0, 0.05) is 18.8 Å². The van der Waals surface area contributed by atoms with Crippen LogP contribution in [0.4, 0.5) is 0 Å². The van der Waals surface area contributed by atoms with Crippen molar-refractivity contribution in [3.8, 4) is 11.3 Å². The van der Waals surface area contributed by atoms with Crippen molar-refractivity contribution in [2.75, 3.05) is 0 Å². The first-order valence-corrected chi connectivity index (χ1v) is 10.9. The quantitative estimate of drug-likeness (QED) is 0.448. The number of nitrogens with zero attached hydrogens (tertiary/aromatic N) is 4. The lowest BCUT2D eigenvalue weighted by Crippen LogP contribution is -2.43. The second kappa shape index (κ2) is 8.09. The van der Waals surface area contributed by atoms with Gasteiger partial charge in [-0.2, -0.15) is 5.10 Å². The number of aromatic nitrogens is 5. The van der Waals surface area contributed by atoms with Crippen LogP contribution in [0.25, 0.3) is 22.3 Å². The van der Waals surface area contributed by atoms with Crippen LogP contribution < -0.4 is 11.2 Å². The second-order valence-corrected chi connectivity index (χ2v) is 8.35. The molecule has 7 nitrogen and oxygen atoms in total. The minimum atomic E-state index is -0.421. The standard InChI is InChI=1S/C26H25N5O2/c1-17(19-10-6-4-7-11-19)30-23-14-22(21-15-27-29(3)16-21)28-24(23)25(32)31(26(30)33)18(2)20-12-8-5-9-13-20/h4-18,28H,1-3H3. The molecule has 3 aromatic heterocycles. The highest BCUT2D eigenvalue weighted by Gasteiger charge is 2.24. The monoisotopic (exact) mass is 439 g/mol. The third-order valence-electron chi connectivity index (χ3n) is 6.26. The van der Waals surface area contributed by atoms with Crippen LogP contribution in [0.2, 0.25) is 0 Å². The van der Waals surface area contributed by atoms with Gasteiger partial charge in [0.15, 0.2) is 0 Å². The summed E-state index contributed by atoms with van der Waals surface area (Å²) in [4.78, 5) is 30.8. The van der Waals surface area contributed by atoms with E-state index in [9.17, 15) is 9.59 Å². The Kier molecular flexibility index (Phi) is 5.09. The molecule has 0 saturated heterocycles. The molecule has 0 amide bonds. The first-order chi connectivity index (χ1) is 16.0. The lowest BCUT2D eigenvalue weighted by atomic mass is 10.1. The van der Waals surface area contributed by atoms with Crippen molar-refractivity contribution in [1.82, 2.24) is 23.9 Å². The molecule has 166 valence electrons. The fraction of sp³-hybridized carbons (Fsp3) is 0.192. The molecule has 5 aromatic rings. The molecule has 2 unspecified atom stereocenters. The predicted octanol–water partition coefficient (Wildman–Crippen LogP) is 4.11. The van der Waals surface area contributed by atoms with Gasteiger partial charge in [-0.05, 0) is 31.0 Å². The Labute approximate surface area is 190 Å². The van der Waals surface area contributed by atoms with E-state index in [4.69, 9.17) is 0 Å². The SMILES string of the molecule is CC(c1ccccc1)n1c(=O)c2[nH]c(-c3cnn(C)c3)cc2n(C(C)c2ccccc2)c1=O. The third-order valence-corrected chi connectivity index (χ3v) is 6.26. The van der Waals surface area contributed by atoms with Gasteiger partial charge in [-0.1, -0.05) is 60.7 Å². The highest BCUT2D eigenvalue weighted by molar-refractivity contribution is 5.82. The van der Waals surface area contributed by atoms with Gasteiger partial charge in [0.2, 0.25) is 0 Å². The molecule has 3 heterocycles. The van der Waals surface area contributed by atoms with Crippen molar-refractivity contribution >= 4 is 11.0 Å². The van der Waals surface area contributed by atoms with Gasteiger partial charge in [-0.3, -0.25) is 18.6 Å². The van der Waals surface area contributed by atoms with Crippen LogP contribution >= 0.6 is 0 Å². The van der Waals surface area contributed by atoms with E-state index in [0.717, 1.165) is 22.4 Å². The maximum Gasteiger partial charge on any atom is 0.332 e. The lowest BCUT2D eigenvalue weighted by Gasteiger charge is -2.21. The molecule has 5 rings (SSSR count). The molecule has 33 heavy (non-hydrogen) atoms. The van der Waals surface area contributed by atoms with Gasteiger partial charge >= 0.3 is 5.69 Å². The molecule has 0 radical (unpaired) electrons. The Hall–Kier alpha value is -4.13. The lowest BCUT2D eigenvalue weighted by molar-refractivity contribution is 0.519. The normalized spacial score (nSPS) is 13.3. The van der Waals surface area contributed by atoms with Crippen molar-refractivity contribution < 1.29 is 0 Å². The molecular formula is C26H25N5O2. The maximum atomic E-state index is 13.9. The van der Waals surface area contributed by atoms with Gasteiger partial charge in [0.25, 0.3) is 5.56 Å². The van der Waals surface area contributed by atoms with E-state index in [2.05, 4.69) is 10.1 Å². The molecule has 0 aliphatic carbocycles. The van der Waals surface area contributed by atoms with Crippen LogP contribution in [0.1, 0.15) is 37.1 Å². The molecular weight excluding hydrogens is 414 g/mol. The largest absolute Gasteiger partial charge is 0.349 e. The van der Waals surface area contributed by atoms with E-state index in [-0.39, 0.29) is 17.3 Å². The summed E-state index contributed by atoms with van der Waals surface area (Å²) in [7, 11) is 1.84. The van der Waals surface area contributed by atoms with E-state index in [0.29, 0.717) is 11.0 Å². The fourth-order valence-corrected chi connectivity index (χ4v) is 4.42. The smallest absolute Gasteiger partial charge is 0.332 e. The summed E-state index contributed by atoms with van der Waals surface area (Å²) in [5.74, 6) is 0. The minimum absolute atomic E-state index is 0.270. The number of rotatable bonds is 5. The van der Waals surface area contributed by atoms with Crippen LogP contribution in [-0.2, 0) is 7.05 Å². The Balaban J connectivity index is 1.81. The molecule has 0 aliphatic heterocycles. The Morgan fingerprint density at radius 3 is 1.97 bits per heavy atom. The first kappa shape index (κ1) is 20.8. The topological polar surface area (TPSA) is 77.6 Å². The molecule has 0 bridgehead atoms. The van der Waals surface area contributed by atoms with E-state index in [1.54, 1.807) is 15.4 Å². The maximum absolute atomic E-state index is 13.9. The number of nitrogens with one attached hydrogen (secondary N) is 1. The molecule has 0 aliphatic rings. The van der Waals surface area contributed by atoms with Crippen molar-refractivity contribution in [3.63, 3.8) is 0 Å². The summed E-state index contributed by atoms with van der Waals surface area (Å²) in [6.07, 6.45) is 3.61. The Morgan fingerprint density at radius 1 is 0.848 bits per heavy atom. The van der Waals surface area contributed by atoms with Crippen molar-refractivity contribution in [2.45, 2.75) is 25.9 Å². The number of aryl methyl sites for hydroxylation is 1. The zero-order chi connectivity index (χ0) is 23.1. The number of aromatic amines is 1. The van der Waals surface area contributed by atoms with Crippen LogP contribution in [0, 0.1) is 0 Å². The van der Waals surface area contributed by atoms with Crippen LogP contribution in [0.3, 0.4) is 0 Å². The number of fused-ring (bicyclic) bond motifs is 1. The van der Waals surface area contributed by atoms with Gasteiger partial charge < -0.3 is 4.98 Å². The van der Waals surface area contributed by atoms with Crippen molar-refractivity contribution in [2.24, 2.45) is 7.05 Å². The van der Waals surface area contributed by atoms with E-state index >= 15 is 0 Å². The summed E-state index contributed by atoms with van der Waals surface area (Å²) in [6.45, 7) is 3.86. The highest BCUT2D eigenvalue weighted by atomic mass is 16.2. The molecule has 0 saturated carbocycles. The zero-order valence-electron chi connectivity index (χ0n) is 18.8. The summed E-state index contributed by atoms with van der Waals surface area (Å²) in [6, 6.07) is 20.6. The number of benzene rings is 2. The summed E-state index contributed by atoms with van der Waals surface area (Å²) in [5.41, 5.74) is 3.79. The average molecular weight is 440 g/mol. The van der Waals surface area contributed by atoms with E-state index in [1.807, 2.05) is 93.8 Å². The number of hydrogen-bond acceptors (Lipinski definition) is 3. The highest BCUT2D eigenvalue weighted by Crippen LogP contribution is 2.26. The van der Waals surface area contributed by atoms with Gasteiger partial charge in [-0.15, -0.1) is 0 Å². The molecule has 1 N–H and O–H groups in total. The van der Waals surface area contributed by atoms with Crippen LogP contribution in [-0.4, -0.2) is 23.9 Å². The van der Waals surface area contributed by atoms with Gasteiger partial charge in [0.05, 0.1) is 29.5 Å². The van der Waals surface area contributed by atoms with E-state index < -0.39 is 6.04 Å². The van der Waals surface area contributed by atoms with Crippen LogP contribution in [0.15, 0.2) is 88.7 Å². The molecule has 7 heteroatoms. The Bertz CT molecular complexity index is 1540. The van der Waals surface area contributed by atoms with Crippen molar-refractivity contribution in [1.29, 1.82) is 0 Å². The third kappa shape index (κ3) is 3.51. The molecule has 0 fully saturated rings. The van der Waals surface area contributed by atoms with Gasteiger partial charge in [-0.25, -0.2) is 4.79 Å². The second-order valence-electron chi connectivity index (χ2n) is 8.35. The van der Waals surface area contributed by atoms with Gasteiger partial charge in [0.1, 0.15) is 5.52 Å². The zero-order valence-corrected chi connectivity index (χ0v) is 18.8. The first-order valence-electron chi connectivity index (χ1n) is 10.9. The molecule has 2 aromatic carbocycles. The summed E-state index contributed by atoms with van der Waals surface area (Å²) in [5, 5.41) is 4.24. The average Bonchev–Trinajstić information content (AvgIpc) is 3.47. The van der Waals surface area contributed by atoms with Crippen molar-refractivity contribution in [3.05, 3.63) is 111 Å². The summed E-state index contributed by atoms with van der Waals surface area (Å²) < 4.78 is 4.76. The number of hydrogen-bond donors (Lipinski definition) is 1. The predicted molar refractivity (Wildman–Crippen MR) is 130 cm³/mol.